The largest absolute Gasteiger partial charge is 0.490 e. The SMILES string of the molecule is N#CC(C#N)=Cc1cccc(OCC=Cc2ccccc2)c1. The molecule has 0 spiro atoms. The lowest BCUT2D eigenvalue weighted by Gasteiger charge is -2.04. The fourth-order valence-corrected chi connectivity index (χ4v) is 1.84. The average Bonchev–Trinajstić information content (AvgIpc) is 2.58. The average molecular weight is 286 g/mol. The van der Waals surface area contributed by atoms with Crippen LogP contribution in [0.4, 0.5) is 0 Å². The van der Waals surface area contributed by atoms with Crippen LogP contribution in [0.3, 0.4) is 0 Å². The third-order valence-corrected chi connectivity index (χ3v) is 2.87. The Morgan fingerprint density at radius 3 is 2.41 bits per heavy atom. The number of rotatable bonds is 5. The minimum Gasteiger partial charge on any atom is -0.490 e. The lowest BCUT2D eigenvalue weighted by Crippen LogP contribution is -1.93. The van der Waals surface area contributed by atoms with Gasteiger partial charge in [-0.1, -0.05) is 48.5 Å². The minimum atomic E-state index is 0.0705. The Bertz CT molecular complexity index is 746. The topological polar surface area (TPSA) is 56.8 Å². The Hall–Kier alpha value is -3.30. The van der Waals surface area contributed by atoms with Crippen LogP contribution in [0.5, 0.6) is 5.75 Å². The molecule has 0 aromatic heterocycles. The summed E-state index contributed by atoms with van der Waals surface area (Å²) >= 11 is 0. The van der Waals surface area contributed by atoms with Gasteiger partial charge in [0.05, 0.1) is 0 Å². The molecule has 0 fully saturated rings. The number of nitriles is 2. The van der Waals surface area contributed by atoms with Crippen LogP contribution in [0.25, 0.3) is 12.2 Å². The van der Waals surface area contributed by atoms with Crippen molar-refractivity contribution in [3.05, 3.63) is 77.4 Å². The van der Waals surface area contributed by atoms with E-state index >= 15 is 0 Å². The Morgan fingerprint density at radius 1 is 0.955 bits per heavy atom. The van der Waals surface area contributed by atoms with Crippen molar-refractivity contribution in [3.8, 4) is 17.9 Å². The fourth-order valence-electron chi connectivity index (χ4n) is 1.84. The summed E-state index contributed by atoms with van der Waals surface area (Å²) in [6, 6.07) is 20.9. The summed E-state index contributed by atoms with van der Waals surface area (Å²) < 4.78 is 5.64. The zero-order valence-corrected chi connectivity index (χ0v) is 11.9. The maximum absolute atomic E-state index is 8.76. The van der Waals surface area contributed by atoms with Crippen LogP contribution in [0.2, 0.25) is 0 Å². The summed E-state index contributed by atoms with van der Waals surface area (Å²) in [6.45, 7) is 0.450. The lowest BCUT2D eigenvalue weighted by atomic mass is 10.1. The highest BCUT2D eigenvalue weighted by Crippen LogP contribution is 2.16. The first-order valence-corrected chi connectivity index (χ1v) is 6.78. The zero-order chi connectivity index (χ0) is 15.6. The van der Waals surface area contributed by atoms with Gasteiger partial charge in [0.25, 0.3) is 0 Å². The Morgan fingerprint density at radius 2 is 1.68 bits per heavy atom. The number of hydrogen-bond acceptors (Lipinski definition) is 3. The first-order valence-electron chi connectivity index (χ1n) is 6.78. The van der Waals surface area contributed by atoms with Crippen LogP contribution in [-0.2, 0) is 0 Å². The van der Waals surface area contributed by atoms with Gasteiger partial charge in [-0.25, -0.2) is 0 Å². The molecule has 3 nitrogen and oxygen atoms in total. The highest BCUT2D eigenvalue weighted by atomic mass is 16.5. The Kier molecular flexibility index (Phi) is 5.55. The smallest absolute Gasteiger partial charge is 0.130 e. The van der Waals surface area contributed by atoms with E-state index in [1.807, 2.05) is 72.8 Å². The minimum absolute atomic E-state index is 0.0705. The van der Waals surface area contributed by atoms with Crippen molar-refractivity contribution in [2.75, 3.05) is 6.61 Å². The predicted molar refractivity (Wildman–Crippen MR) is 86.6 cm³/mol. The van der Waals surface area contributed by atoms with Gasteiger partial charge in [0.1, 0.15) is 30.1 Å². The molecule has 0 unspecified atom stereocenters. The van der Waals surface area contributed by atoms with Crippen molar-refractivity contribution in [2.24, 2.45) is 0 Å². The quantitative estimate of drug-likeness (QED) is 0.774. The number of hydrogen-bond donors (Lipinski definition) is 0. The van der Waals surface area contributed by atoms with E-state index < -0.39 is 0 Å². The molecule has 0 heterocycles. The zero-order valence-electron chi connectivity index (χ0n) is 11.9. The van der Waals surface area contributed by atoms with Gasteiger partial charge < -0.3 is 4.74 Å². The summed E-state index contributed by atoms with van der Waals surface area (Å²) in [5, 5.41) is 17.5. The molecule has 0 saturated heterocycles. The number of benzene rings is 2. The van der Waals surface area contributed by atoms with Crippen LogP contribution in [-0.4, -0.2) is 6.61 Å². The van der Waals surface area contributed by atoms with Crippen LogP contribution < -0.4 is 4.74 Å². The normalized spacial score (nSPS) is 9.73. The van der Waals surface area contributed by atoms with E-state index in [1.54, 1.807) is 6.07 Å². The van der Waals surface area contributed by atoms with Crippen molar-refractivity contribution < 1.29 is 4.74 Å². The van der Waals surface area contributed by atoms with Crippen molar-refractivity contribution >= 4 is 12.2 Å². The van der Waals surface area contributed by atoms with Gasteiger partial charge in [-0.3, -0.25) is 0 Å². The van der Waals surface area contributed by atoms with Crippen LogP contribution in [0.1, 0.15) is 11.1 Å². The summed E-state index contributed by atoms with van der Waals surface area (Å²) in [7, 11) is 0. The van der Waals surface area contributed by atoms with E-state index in [1.165, 1.54) is 6.08 Å². The van der Waals surface area contributed by atoms with Crippen LogP contribution in [0, 0.1) is 22.7 Å². The molecular formula is C19H14N2O. The second kappa shape index (κ2) is 8.09. The van der Waals surface area contributed by atoms with Gasteiger partial charge >= 0.3 is 0 Å². The van der Waals surface area contributed by atoms with Crippen molar-refractivity contribution in [3.63, 3.8) is 0 Å². The van der Waals surface area contributed by atoms with E-state index in [4.69, 9.17) is 15.3 Å². The van der Waals surface area contributed by atoms with E-state index in [9.17, 15) is 0 Å². The van der Waals surface area contributed by atoms with E-state index in [0.717, 1.165) is 11.1 Å². The molecule has 2 rings (SSSR count). The van der Waals surface area contributed by atoms with E-state index in [2.05, 4.69) is 0 Å². The maximum Gasteiger partial charge on any atom is 0.130 e. The van der Waals surface area contributed by atoms with Gasteiger partial charge in [-0.2, -0.15) is 10.5 Å². The Labute approximate surface area is 130 Å². The molecular weight excluding hydrogens is 272 g/mol. The number of nitrogens with zero attached hydrogens (tertiary/aromatic N) is 2. The molecule has 3 heteroatoms. The molecule has 0 radical (unpaired) electrons. The van der Waals surface area contributed by atoms with Gasteiger partial charge in [0, 0.05) is 0 Å². The molecule has 0 aliphatic heterocycles. The molecule has 0 N–H and O–H groups in total. The first kappa shape index (κ1) is 15.1. The van der Waals surface area contributed by atoms with Crippen molar-refractivity contribution in [2.45, 2.75) is 0 Å². The van der Waals surface area contributed by atoms with Crippen molar-refractivity contribution in [1.29, 1.82) is 10.5 Å². The third kappa shape index (κ3) is 4.67. The van der Waals surface area contributed by atoms with Crippen LogP contribution in [0.15, 0.2) is 66.2 Å². The molecule has 2 aromatic rings. The van der Waals surface area contributed by atoms with Gasteiger partial charge in [-0.15, -0.1) is 0 Å². The van der Waals surface area contributed by atoms with Crippen LogP contribution >= 0.6 is 0 Å². The summed E-state index contributed by atoms with van der Waals surface area (Å²) in [6.07, 6.45) is 5.47. The van der Waals surface area contributed by atoms with Crippen molar-refractivity contribution in [1.82, 2.24) is 0 Å². The molecule has 0 bridgehead atoms. The molecule has 0 aliphatic rings. The Balaban J connectivity index is 1.97. The second-order valence-electron chi connectivity index (χ2n) is 4.48. The standard InChI is InChI=1S/C19H14N2O/c20-14-18(15-21)12-17-8-4-10-19(13-17)22-11-5-9-16-6-2-1-3-7-16/h1-10,12-13H,11H2. The highest BCUT2D eigenvalue weighted by molar-refractivity contribution is 5.62. The summed E-state index contributed by atoms with van der Waals surface area (Å²) in [5.41, 5.74) is 1.96. The number of ether oxygens (including phenoxy) is 1. The van der Waals surface area contributed by atoms with Gasteiger partial charge in [0.15, 0.2) is 0 Å². The molecule has 0 atom stereocenters. The number of allylic oxidation sites excluding steroid dienone is 1. The maximum atomic E-state index is 8.76. The molecule has 0 aliphatic carbocycles. The molecule has 0 saturated carbocycles. The monoisotopic (exact) mass is 286 g/mol. The summed E-state index contributed by atoms with van der Waals surface area (Å²) in [4.78, 5) is 0. The van der Waals surface area contributed by atoms with Gasteiger partial charge in [0.2, 0.25) is 0 Å². The van der Waals surface area contributed by atoms with Gasteiger partial charge in [-0.05, 0) is 35.4 Å². The molecule has 2 aromatic carbocycles. The third-order valence-electron chi connectivity index (χ3n) is 2.87. The molecule has 0 amide bonds. The van der Waals surface area contributed by atoms with E-state index in [-0.39, 0.29) is 5.57 Å². The lowest BCUT2D eigenvalue weighted by molar-refractivity contribution is 0.363. The summed E-state index contributed by atoms with van der Waals surface area (Å²) in [5.74, 6) is 0.696. The fraction of sp³-hybridized carbons (Fsp3) is 0.0526. The second-order valence-corrected chi connectivity index (χ2v) is 4.48. The molecule has 106 valence electrons. The molecule has 22 heavy (non-hydrogen) atoms. The van der Waals surface area contributed by atoms with E-state index in [0.29, 0.717) is 12.4 Å². The first-order chi connectivity index (χ1) is 10.8. The highest BCUT2D eigenvalue weighted by Gasteiger charge is 1.97. The predicted octanol–water partition coefficient (Wildman–Crippen LogP) is 4.21.